The zero-order valence-corrected chi connectivity index (χ0v) is 22.8. The van der Waals surface area contributed by atoms with Crippen LogP contribution >= 0.6 is 0 Å². The standard InChI is InChI=1S/C32H34N4O3/c1-34(2)24-16-12-21(13-17-24)20-23-8-7-11-28-29(23)33-36(30(28)22-14-18-25(19-15-22)35(3)4)31(37)26-9-5-6-10-27(26)32(38)39/h5-6,9-10,12-20,30,33H,7-8,11H2,1-4H3,(H,38,39)/p-1/b23-20-/t30-/m1/s1. The highest BCUT2D eigenvalue weighted by Gasteiger charge is 2.40. The van der Waals surface area contributed by atoms with E-state index in [-0.39, 0.29) is 17.2 Å². The van der Waals surface area contributed by atoms with E-state index < -0.39 is 11.9 Å². The fourth-order valence-corrected chi connectivity index (χ4v) is 5.35. The van der Waals surface area contributed by atoms with E-state index in [1.165, 1.54) is 6.07 Å². The molecular weight excluding hydrogens is 488 g/mol. The second kappa shape index (κ2) is 10.7. The average molecular weight is 522 g/mol. The quantitative estimate of drug-likeness (QED) is 0.518. The van der Waals surface area contributed by atoms with Gasteiger partial charge in [-0.3, -0.25) is 10.2 Å². The number of hydrogen-bond donors (Lipinski definition) is 1. The van der Waals surface area contributed by atoms with Gasteiger partial charge in [-0.1, -0.05) is 42.5 Å². The minimum Gasteiger partial charge on any atom is -0.545 e. The van der Waals surface area contributed by atoms with Gasteiger partial charge in [-0.2, -0.15) is 0 Å². The number of carbonyl (C=O) groups excluding carboxylic acids is 2. The Morgan fingerprint density at radius 2 is 1.44 bits per heavy atom. The van der Waals surface area contributed by atoms with Crippen LogP contribution < -0.4 is 20.3 Å². The lowest BCUT2D eigenvalue weighted by Gasteiger charge is -2.28. The molecule has 0 spiro atoms. The minimum atomic E-state index is -1.37. The molecule has 1 aliphatic carbocycles. The predicted molar refractivity (Wildman–Crippen MR) is 153 cm³/mol. The summed E-state index contributed by atoms with van der Waals surface area (Å²) in [6.45, 7) is 0. The van der Waals surface area contributed by atoms with Gasteiger partial charge in [0.15, 0.2) is 0 Å². The lowest BCUT2D eigenvalue weighted by atomic mass is 9.85. The highest BCUT2D eigenvalue weighted by molar-refractivity contribution is 6.04. The summed E-state index contributed by atoms with van der Waals surface area (Å²) in [7, 11) is 8.01. The van der Waals surface area contributed by atoms with Gasteiger partial charge in [0.1, 0.15) is 6.04 Å². The van der Waals surface area contributed by atoms with E-state index in [1.54, 1.807) is 23.2 Å². The summed E-state index contributed by atoms with van der Waals surface area (Å²) in [6.07, 6.45) is 4.86. The van der Waals surface area contributed by atoms with Crippen molar-refractivity contribution in [1.82, 2.24) is 10.4 Å². The molecule has 0 saturated carbocycles. The number of allylic oxidation sites excluding steroid dienone is 1. The van der Waals surface area contributed by atoms with Gasteiger partial charge in [-0.05, 0) is 77.9 Å². The van der Waals surface area contributed by atoms with Crippen LogP contribution in [0.15, 0.2) is 89.6 Å². The van der Waals surface area contributed by atoms with Crippen molar-refractivity contribution in [2.24, 2.45) is 0 Å². The first-order valence-electron chi connectivity index (χ1n) is 13.1. The summed E-state index contributed by atoms with van der Waals surface area (Å²) in [5.41, 5.74) is 10.8. The smallest absolute Gasteiger partial charge is 0.273 e. The molecule has 3 aromatic rings. The molecular formula is C32H33N4O3-. The van der Waals surface area contributed by atoms with Gasteiger partial charge in [-0.25, -0.2) is 5.01 Å². The van der Waals surface area contributed by atoms with Crippen LogP contribution in [0.2, 0.25) is 0 Å². The third-order valence-electron chi connectivity index (χ3n) is 7.43. The highest BCUT2D eigenvalue weighted by Crippen LogP contribution is 2.44. The van der Waals surface area contributed by atoms with E-state index >= 15 is 0 Å². The number of carbonyl (C=O) groups is 2. The molecule has 0 aromatic heterocycles. The van der Waals surface area contributed by atoms with Gasteiger partial charge in [0.2, 0.25) is 0 Å². The summed E-state index contributed by atoms with van der Waals surface area (Å²) >= 11 is 0. The zero-order valence-electron chi connectivity index (χ0n) is 22.8. The van der Waals surface area contributed by atoms with Crippen LogP contribution in [0, 0.1) is 0 Å². The minimum absolute atomic E-state index is 0.101. The first-order chi connectivity index (χ1) is 18.7. The number of carboxylic acids is 1. The molecule has 3 aromatic carbocycles. The lowest BCUT2D eigenvalue weighted by molar-refractivity contribution is -0.255. The lowest BCUT2D eigenvalue weighted by Crippen LogP contribution is -2.41. The Hall–Kier alpha value is -4.52. The largest absolute Gasteiger partial charge is 0.545 e. The summed E-state index contributed by atoms with van der Waals surface area (Å²) in [5.74, 6) is -1.77. The van der Waals surface area contributed by atoms with Crippen molar-refractivity contribution in [2.75, 3.05) is 38.0 Å². The van der Waals surface area contributed by atoms with E-state index in [0.29, 0.717) is 0 Å². The van der Waals surface area contributed by atoms with Crippen molar-refractivity contribution in [3.63, 3.8) is 0 Å². The van der Waals surface area contributed by atoms with Crippen LogP contribution in [-0.2, 0) is 0 Å². The SMILES string of the molecule is CN(C)c1ccc(/C=C2/CCCC3=C2NN(C(=O)c2ccccc2C(=O)[O-])[C@@H]3c2ccc(N(C)C)cc2)cc1. The van der Waals surface area contributed by atoms with Gasteiger partial charge < -0.3 is 19.7 Å². The second-order valence-electron chi connectivity index (χ2n) is 10.4. The molecule has 1 amide bonds. The Morgan fingerprint density at radius 1 is 0.846 bits per heavy atom. The van der Waals surface area contributed by atoms with Crippen LogP contribution in [-0.4, -0.2) is 45.1 Å². The van der Waals surface area contributed by atoms with Crippen molar-refractivity contribution >= 4 is 29.3 Å². The molecule has 7 nitrogen and oxygen atoms in total. The number of carboxylic acid groups (broad SMARTS) is 1. The maximum absolute atomic E-state index is 14.0. The number of amides is 1. The zero-order chi connectivity index (χ0) is 27.7. The molecule has 7 heteroatoms. The molecule has 0 fully saturated rings. The first kappa shape index (κ1) is 26.1. The van der Waals surface area contributed by atoms with Crippen molar-refractivity contribution in [3.05, 3.63) is 112 Å². The van der Waals surface area contributed by atoms with Crippen LogP contribution in [0.25, 0.3) is 6.08 Å². The number of benzene rings is 3. The van der Waals surface area contributed by atoms with E-state index in [4.69, 9.17) is 0 Å². The van der Waals surface area contributed by atoms with Crippen LogP contribution in [0.3, 0.4) is 0 Å². The summed E-state index contributed by atoms with van der Waals surface area (Å²) in [4.78, 5) is 29.9. The Balaban J connectivity index is 1.58. The topological polar surface area (TPSA) is 78.9 Å². The van der Waals surface area contributed by atoms with Crippen LogP contribution in [0.4, 0.5) is 11.4 Å². The molecule has 0 radical (unpaired) electrons. The molecule has 39 heavy (non-hydrogen) atoms. The Kier molecular flexibility index (Phi) is 7.15. The van der Waals surface area contributed by atoms with Crippen molar-refractivity contribution in [2.45, 2.75) is 25.3 Å². The molecule has 1 aliphatic heterocycles. The van der Waals surface area contributed by atoms with Crippen molar-refractivity contribution in [1.29, 1.82) is 0 Å². The third kappa shape index (κ3) is 5.12. The maximum atomic E-state index is 14.0. The number of nitrogens with one attached hydrogen (secondary N) is 1. The number of hydrogen-bond acceptors (Lipinski definition) is 6. The molecule has 1 heterocycles. The molecule has 1 atom stereocenters. The van der Waals surface area contributed by atoms with Gasteiger partial charge in [0.25, 0.3) is 5.91 Å². The molecule has 1 N–H and O–H groups in total. The van der Waals surface area contributed by atoms with Gasteiger partial charge >= 0.3 is 0 Å². The van der Waals surface area contributed by atoms with E-state index in [1.807, 2.05) is 57.4 Å². The molecule has 0 unspecified atom stereocenters. The fraction of sp³-hybridized carbons (Fsp3) is 0.250. The maximum Gasteiger partial charge on any atom is 0.273 e. The number of anilines is 2. The van der Waals surface area contributed by atoms with Crippen molar-refractivity contribution in [3.8, 4) is 0 Å². The van der Waals surface area contributed by atoms with Gasteiger partial charge in [0.05, 0.1) is 17.2 Å². The summed E-state index contributed by atoms with van der Waals surface area (Å²) in [5, 5.41) is 13.4. The van der Waals surface area contributed by atoms with Crippen molar-refractivity contribution < 1.29 is 14.7 Å². The van der Waals surface area contributed by atoms with Gasteiger partial charge in [-0.15, -0.1) is 0 Å². The Morgan fingerprint density at radius 3 is 2.03 bits per heavy atom. The predicted octanol–water partition coefficient (Wildman–Crippen LogP) is 4.41. The van der Waals surface area contributed by atoms with Gasteiger partial charge in [0, 0.05) is 45.1 Å². The molecule has 5 rings (SSSR count). The Bertz CT molecular complexity index is 1450. The fourth-order valence-electron chi connectivity index (χ4n) is 5.35. The number of nitrogens with zero attached hydrogens (tertiary/aromatic N) is 3. The summed E-state index contributed by atoms with van der Waals surface area (Å²) in [6, 6.07) is 22.4. The number of aromatic carboxylic acids is 1. The van der Waals surface area contributed by atoms with E-state index in [2.05, 4.69) is 40.7 Å². The molecule has 200 valence electrons. The third-order valence-corrected chi connectivity index (χ3v) is 7.43. The van der Waals surface area contributed by atoms with E-state index in [0.717, 1.165) is 58.6 Å². The average Bonchev–Trinajstić information content (AvgIpc) is 3.33. The van der Waals surface area contributed by atoms with E-state index in [9.17, 15) is 14.7 Å². The molecule has 0 saturated heterocycles. The Labute approximate surface area is 229 Å². The second-order valence-corrected chi connectivity index (χ2v) is 10.4. The van der Waals surface area contributed by atoms with Crippen LogP contribution in [0.5, 0.6) is 0 Å². The number of rotatable bonds is 6. The monoisotopic (exact) mass is 521 g/mol. The molecule has 2 aliphatic rings. The molecule has 0 bridgehead atoms. The summed E-state index contributed by atoms with van der Waals surface area (Å²) < 4.78 is 0. The first-order valence-corrected chi connectivity index (χ1v) is 13.1. The highest BCUT2D eigenvalue weighted by atomic mass is 16.4. The normalized spacial score (nSPS) is 17.6. The number of hydrazine groups is 1. The van der Waals surface area contributed by atoms with Crippen LogP contribution in [0.1, 0.15) is 57.1 Å².